The normalized spacial score (nSPS) is 27.6. The van der Waals surface area contributed by atoms with E-state index in [1.807, 2.05) is 32.9 Å². The van der Waals surface area contributed by atoms with E-state index in [9.17, 15) is 14.4 Å². The fourth-order valence-electron chi connectivity index (χ4n) is 6.60. The molecule has 3 amide bonds. The van der Waals surface area contributed by atoms with Crippen LogP contribution in [0.3, 0.4) is 0 Å². The summed E-state index contributed by atoms with van der Waals surface area (Å²) in [4.78, 5) is 48.2. The molecule has 190 valence electrons. The fourth-order valence-corrected chi connectivity index (χ4v) is 6.60. The average Bonchev–Trinajstić information content (AvgIpc) is 3.33. The fraction of sp³-hybridized carbons (Fsp3) is 0.679. The lowest BCUT2D eigenvalue weighted by Crippen LogP contribution is -2.55. The average molecular weight is 481 g/mol. The molecular weight excluding hydrogens is 440 g/mol. The summed E-state index contributed by atoms with van der Waals surface area (Å²) in [6.07, 6.45) is 7.93. The number of piperazine rings is 1. The second-order valence-corrected chi connectivity index (χ2v) is 10.9. The summed E-state index contributed by atoms with van der Waals surface area (Å²) in [6.45, 7) is 6.93. The van der Waals surface area contributed by atoms with Crippen molar-refractivity contribution < 1.29 is 14.4 Å². The first kappa shape index (κ1) is 24.3. The third kappa shape index (κ3) is 5.11. The molecule has 0 spiro atoms. The Hall–Kier alpha value is -2.41. The van der Waals surface area contributed by atoms with Gasteiger partial charge in [-0.1, -0.05) is 31.0 Å². The number of benzene rings is 1. The number of carbonyl (C=O) groups excluding carboxylic acids is 3. The minimum absolute atomic E-state index is 0.132. The van der Waals surface area contributed by atoms with Crippen LogP contribution in [0, 0.1) is 11.8 Å². The Morgan fingerprint density at radius 1 is 0.800 bits per heavy atom. The van der Waals surface area contributed by atoms with Gasteiger partial charge in [-0.15, -0.1) is 0 Å². The molecular formula is C28H40N4O3. The molecule has 4 aliphatic rings. The summed E-state index contributed by atoms with van der Waals surface area (Å²) < 4.78 is 0. The molecule has 0 N–H and O–H groups in total. The van der Waals surface area contributed by atoms with Crippen LogP contribution in [0.4, 0.5) is 5.69 Å². The van der Waals surface area contributed by atoms with Crippen molar-refractivity contribution in [1.29, 1.82) is 0 Å². The highest BCUT2D eigenvalue weighted by Crippen LogP contribution is 2.36. The zero-order valence-electron chi connectivity index (χ0n) is 21.2. The summed E-state index contributed by atoms with van der Waals surface area (Å²) in [5, 5.41) is 0. The third-order valence-corrected chi connectivity index (χ3v) is 8.72. The standard InChI is InChI=1S/C28H40N4O3/c1-21-8-6-7-14-31(21)26(33)20-29-16-18-30(19-17-29)27(34)23-10-3-4-11-24(23)28(35)32-15-13-22-9-2-5-12-25(22)32/h2,5,9,12,21,23-24H,3-4,6-8,10-11,13-20H2,1H3. The van der Waals surface area contributed by atoms with Crippen LogP contribution in [0.1, 0.15) is 57.4 Å². The van der Waals surface area contributed by atoms with E-state index in [0.717, 1.165) is 76.8 Å². The van der Waals surface area contributed by atoms with Crippen LogP contribution in [0.5, 0.6) is 0 Å². The smallest absolute Gasteiger partial charge is 0.236 e. The maximum Gasteiger partial charge on any atom is 0.236 e. The van der Waals surface area contributed by atoms with Crippen molar-refractivity contribution >= 4 is 23.4 Å². The molecule has 3 aliphatic heterocycles. The topological polar surface area (TPSA) is 64.2 Å². The Bertz CT molecular complexity index is 942. The first-order chi connectivity index (χ1) is 17.0. The highest BCUT2D eigenvalue weighted by Gasteiger charge is 2.41. The summed E-state index contributed by atoms with van der Waals surface area (Å²) in [5.41, 5.74) is 2.25. The molecule has 7 nitrogen and oxygen atoms in total. The van der Waals surface area contributed by atoms with Gasteiger partial charge in [0.2, 0.25) is 17.7 Å². The van der Waals surface area contributed by atoms with Crippen molar-refractivity contribution in [3.8, 4) is 0 Å². The molecule has 1 saturated carbocycles. The number of carbonyl (C=O) groups is 3. The second-order valence-electron chi connectivity index (χ2n) is 10.9. The van der Waals surface area contributed by atoms with E-state index in [0.29, 0.717) is 25.7 Å². The number of amides is 3. The molecule has 0 aromatic heterocycles. The van der Waals surface area contributed by atoms with Crippen LogP contribution in [0.25, 0.3) is 0 Å². The van der Waals surface area contributed by atoms with Gasteiger partial charge in [-0.2, -0.15) is 0 Å². The molecule has 3 fully saturated rings. The lowest BCUT2D eigenvalue weighted by molar-refractivity contribution is -0.145. The Morgan fingerprint density at radius 2 is 1.49 bits per heavy atom. The Balaban J connectivity index is 1.17. The van der Waals surface area contributed by atoms with Gasteiger partial charge in [-0.05, 0) is 57.1 Å². The number of anilines is 1. The highest BCUT2D eigenvalue weighted by atomic mass is 16.2. The van der Waals surface area contributed by atoms with Gasteiger partial charge in [-0.25, -0.2) is 0 Å². The van der Waals surface area contributed by atoms with Gasteiger partial charge in [0.1, 0.15) is 0 Å². The number of fused-ring (bicyclic) bond motifs is 1. The molecule has 1 aliphatic carbocycles. The Kier molecular flexibility index (Phi) is 7.42. The molecule has 3 atom stereocenters. The molecule has 5 rings (SSSR count). The van der Waals surface area contributed by atoms with Gasteiger partial charge in [-0.3, -0.25) is 19.3 Å². The molecule has 3 unspecified atom stereocenters. The number of hydrogen-bond acceptors (Lipinski definition) is 4. The number of nitrogens with zero attached hydrogens (tertiary/aromatic N) is 4. The summed E-state index contributed by atoms with van der Waals surface area (Å²) in [5.74, 6) is 0.0638. The predicted molar refractivity (Wildman–Crippen MR) is 136 cm³/mol. The highest BCUT2D eigenvalue weighted by molar-refractivity contribution is 5.99. The third-order valence-electron chi connectivity index (χ3n) is 8.72. The van der Waals surface area contributed by atoms with Crippen molar-refractivity contribution in [1.82, 2.24) is 14.7 Å². The van der Waals surface area contributed by atoms with Gasteiger partial charge < -0.3 is 14.7 Å². The van der Waals surface area contributed by atoms with E-state index in [-0.39, 0.29) is 29.6 Å². The molecule has 35 heavy (non-hydrogen) atoms. The maximum atomic E-state index is 13.6. The van der Waals surface area contributed by atoms with Gasteiger partial charge in [0.05, 0.1) is 12.5 Å². The van der Waals surface area contributed by atoms with Crippen LogP contribution in [-0.2, 0) is 20.8 Å². The quantitative estimate of drug-likeness (QED) is 0.665. The SMILES string of the molecule is CC1CCCCN1C(=O)CN1CCN(C(=O)C2CCCCC2C(=O)N2CCc3ccccc32)CC1. The van der Waals surface area contributed by atoms with Crippen LogP contribution in [0.15, 0.2) is 24.3 Å². The minimum Gasteiger partial charge on any atom is -0.340 e. The molecule has 1 aromatic rings. The monoisotopic (exact) mass is 480 g/mol. The first-order valence-corrected chi connectivity index (χ1v) is 13.7. The number of hydrogen-bond donors (Lipinski definition) is 0. The number of rotatable bonds is 4. The zero-order chi connectivity index (χ0) is 24.4. The van der Waals surface area contributed by atoms with Crippen molar-refractivity contribution in [2.75, 3.05) is 50.7 Å². The van der Waals surface area contributed by atoms with Crippen LogP contribution in [0.2, 0.25) is 0 Å². The van der Waals surface area contributed by atoms with Gasteiger partial charge in [0, 0.05) is 56.9 Å². The van der Waals surface area contributed by atoms with Crippen molar-refractivity contribution in [3.05, 3.63) is 29.8 Å². The molecule has 0 radical (unpaired) electrons. The van der Waals surface area contributed by atoms with Crippen molar-refractivity contribution in [2.24, 2.45) is 11.8 Å². The van der Waals surface area contributed by atoms with E-state index < -0.39 is 0 Å². The summed E-state index contributed by atoms with van der Waals surface area (Å²) >= 11 is 0. The van der Waals surface area contributed by atoms with Crippen molar-refractivity contribution in [2.45, 2.75) is 64.3 Å². The number of piperidine rings is 1. The number of para-hydroxylation sites is 1. The van der Waals surface area contributed by atoms with E-state index in [1.54, 1.807) is 0 Å². The van der Waals surface area contributed by atoms with E-state index in [2.05, 4.69) is 17.9 Å². The van der Waals surface area contributed by atoms with E-state index in [4.69, 9.17) is 0 Å². The van der Waals surface area contributed by atoms with Crippen LogP contribution < -0.4 is 4.90 Å². The summed E-state index contributed by atoms with van der Waals surface area (Å²) in [6, 6.07) is 8.49. The van der Waals surface area contributed by atoms with Crippen molar-refractivity contribution in [3.63, 3.8) is 0 Å². The maximum absolute atomic E-state index is 13.6. The predicted octanol–water partition coefficient (Wildman–Crippen LogP) is 2.93. The minimum atomic E-state index is -0.220. The van der Waals surface area contributed by atoms with Gasteiger partial charge >= 0.3 is 0 Å². The largest absolute Gasteiger partial charge is 0.340 e. The molecule has 2 saturated heterocycles. The zero-order valence-corrected chi connectivity index (χ0v) is 21.2. The van der Waals surface area contributed by atoms with Crippen LogP contribution in [-0.4, -0.2) is 84.3 Å². The van der Waals surface area contributed by atoms with E-state index >= 15 is 0 Å². The molecule has 3 heterocycles. The second kappa shape index (κ2) is 10.7. The lowest BCUT2D eigenvalue weighted by Gasteiger charge is -2.40. The van der Waals surface area contributed by atoms with Gasteiger partial charge in [0.25, 0.3) is 0 Å². The van der Waals surface area contributed by atoms with Gasteiger partial charge in [0.15, 0.2) is 0 Å². The molecule has 7 heteroatoms. The Labute approximate surface area is 209 Å². The molecule has 1 aromatic carbocycles. The molecule has 0 bridgehead atoms. The van der Waals surface area contributed by atoms with E-state index in [1.165, 1.54) is 12.0 Å². The van der Waals surface area contributed by atoms with Crippen LogP contribution >= 0.6 is 0 Å². The lowest BCUT2D eigenvalue weighted by atomic mass is 9.77. The Morgan fingerprint density at radius 3 is 2.23 bits per heavy atom. The summed E-state index contributed by atoms with van der Waals surface area (Å²) in [7, 11) is 0. The number of likely N-dealkylation sites (tertiary alicyclic amines) is 1. The first-order valence-electron chi connectivity index (χ1n) is 13.7.